The molecule has 0 radical (unpaired) electrons. The second-order valence-electron chi connectivity index (χ2n) is 4.36. The van der Waals surface area contributed by atoms with Crippen LogP contribution in [0.4, 0.5) is 0 Å². The molecule has 1 N–H and O–H groups in total. The summed E-state index contributed by atoms with van der Waals surface area (Å²) in [6.45, 7) is 4.64. The molecule has 1 atom stereocenters. The fourth-order valence-corrected chi connectivity index (χ4v) is 3.75. The molecule has 22 heavy (non-hydrogen) atoms. The zero-order valence-electron chi connectivity index (χ0n) is 12.3. The van der Waals surface area contributed by atoms with E-state index in [-0.39, 0.29) is 10.8 Å². The topological polar surface area (TPSA) is 92.8 Å². The van der Waals surface area contributed by atoms with Crippen LogP contribution >= 0.6 is 11.3 Å². The van der Waals surface area contributed by atoms with E-state index in [2.05, 4.69) is 11.9 Å². The van der Waals surface area contributed by atoms with Crippen LogP contribution in [0.2, 0.25) is 0 Å². The van der Waals surface area contributed by atoms with E-state index in [0.29, 0.717) is 0 Å². The zero-order chi connectivity index (χ0) is 16.8. The molecule has 0 fully saturated rings. The summed E-state index contributed by atoms with van der Waals surface area (Å²) < 4.78 is 30.2. The van der Waals surface area contributed by atoms with Crippen molar-refractivity contribution in [3.8, 4) is 0 Å². The van der Waals surface area contributed by atoms with Gasteiger partial charge in [-0.2, -0.15) is 4.31 Å². The van der Waals surface area contributed by atoms with Crippen LogP contribution in [-0.4, -0.2) is 50.8 Å². The first-order valence-corrected chi connectivity index (χ1v) is 8.69. The highest BCUT2D eigenvalue weighted by atomic mass is 32.2. The molecule has 7 nitrogen and oxygen atoms in total. The number of sulfonamides is 1. The van der Waals surface area contributed by atoms with Crippen LogP contribution in [0.5, 0.6) is 0 Å². The molecule has 0 saturated carbocycles. The molecule has 1 heterocycles. The number of hydrogen-bond donors (Lipinski definition) is 1. The van der Waals surface area contributed by atoms with Gasteiger partial charge in [0.2, 0.25) is 0 Å². The van der Waals surface area contributed by atoms with Gasteiger partial charge < -0.3 is 10.1 Å². The summed E-state index contributed by atoms with van der Waals surface area (Å²) in [6, 6.07) is 3.06. The fraction of sp³-hybridized carbons (Fsp3) is 0.385. The van der Waals surface area contributed by atoms with Crippen LogP contribution in [0, 0.1) is 0 Å². The van der Waals surface area contributed by atoms with Gasteiger partial charge >= 0.3 is 5.97 Å². The van der Waals surface area contributed by atoms with E-state index in [0.717, 1.165) is 15.6 Å². The quantitative estimate of drug-likeness (QED) is 0.550. The van der Waals surface area contributed by atoms with Gasteiger partial charge in [0.25, 0.3) is 15.9 Å². The predicted octanol–water partition coefficient (Wildman–Crippen LogP) is 0.602. The number of carbonyl (C=O) groups is 2. The van der Waals surface area contributed by atoms with Gasteiger partial charge in [0.15, 0.2) is 6.10 Å². The van der Waals surface area contributed by atoms with Crippen molar-refractivity contribution in [2.75, 3.05) is 20.1 Å². The molecule has 0 saturated heterocycles. The number of carbonyl (C=O) groups excluding carboxylic acids is 2. The summed E-state index contributed by atoms with van der Waals surface area (Å²) in [5.41, 5.74) is 0. The molecule has 0 aliphatic heterocycles. The summed E-state index contributed by atoms with van der Waals surface area (Å²) >= 11 is 1.06. The lowest BCUT2D eigenvalue weighted by Gasteiger charge is -2.17. The van der Waals surface area contributed by atoms with Crippen molar-refractivity contribution in [2.45, 2.75) is 17.2 Å². The van der Waals surface area contributed by atoms with Crippen molar-refractivity contribution in [3.05, 3.63) is 30.2 Å². The van der Waals surface area contributed by atoms with Gasteiger partial charge in [-0.15, -0.1) is 17.9 Å². The standard InChI is InChI=1S/C13H18N2O5S2/c1-4-7-14-13(17)10(2)20-11(16)9-15(3)22(18,19)12-6-5-8-21-12/h4-6,8,10H,1,7,9H2,2-3H3,(H,14,17)/t10-/m0/s1. The number of hydrogen-bond acceptors (Lipinski definition) is 6. The molecule has 1 rings (SSSR count). The highest BCUT2D eigenvalue weighted by Gasteiger charge is 2.26. The molecule has 122 valence electrons. The molecular formula is C13H18N2O5S2. The van der Waals surface area contributed by atoms with E-state index in [9.17, 15) is 18.0 Å². The Morgan fingerprint density at radius 2 is 2.23 bits per heavy atom. The number of nitrogens with one attached hydrogen (secondary N) is 1. The van der Waals surface area contributed by atoms with Crippen molar-refractivity contribution in [1.29, 1.82) is 0 Å². The summed E-state index contributed by atoms with van der Waals surface area (Å²) in [5, 5.41) is 4.11. The normalized spacial score (nSPS) is 12.7. The van der Waals surface area contributed by atoms with Gasteiger partial charge in [-0.25, -0.2) is 8.42 Å². The third-order valence-corrected chi connectivity index (χ3v) is 5.79. The third-order valence-electron chi connectivity index (χ3n) is 2.61. The van der Waals surface area contributed by atoms with Crippen LogP contribution in [0.15, 0.2) is 34.4 Å². The van der Waals surface area contributed by atoms with Crippen molar-refractivity contribution in [2.24, 2.45) is 0 Å². The number of ether oxygens (including phenoxy) is 1. The third kappa shape index (κ3) is 4.93. The lowest BCUT2D eigenvalue weighted by Crippen LogP contribution is -2.39. The number of amides is 1. The van der Waals surface area contributed by atoms with Crippen molar-refractivity contribution < 1.29 is 22.7 Å². The summed E-state index contributed by atoms with van der Waals surface area (Å²) in [6.07, 6.45) is 0.485. The molecule has 0 aromatic carbocycles. The number of thiophene rings is 1. The van der Waals surface area contributed by atoms with Crippen LogP contribution < -0.4 is 5.32 Å². The first-order valence-electron chi connectivity index (χ1n) is 6.37. The minimum atomic E-state index is -3.72. The predicted molar refractivity (Wildman–Crippen MR) is 82.9 cm³/mol. The van der Waals surface area contributed by atoms with Gasteiger partial charge in [-0.05, 0) is 18.4 Å². The average Bonchev–Trinajstić information content (AvgIpc) is 2.99. The minimum Gasteiger partial charge on any atom is -0.452 e. The van der Waals surface area contributed by atoms with Crippen molar-refractivity contribution >= 4 is 33.2 Å². The van der Waals surface area contributed by atoms with E-state index < -0.39 is 34.5 Å². The maximum absolute atomic E-state index is 12.1. The van der Waals surface area contributed by atoms with Crippen LogP contribution in [0.1, 0.15) is 6.92 Å². The van der Waals surface area contributed by atoms with E-state index >= 15 is 0 Å². The molecule has 0 unspecified atom stereocenters. The van der Waals surface area contributed by atoms with Crippen molar-refractivity contribution in [1.82, 2.24) is 9.62 Å². The number of nitrogens with zero attached hydrogens (tertiary/aromatic N) is 1. The number of rotatable bonds is 8. The van der Waals surface area contributed by atoms with E-state index in [1.54, 1.807) is 11.4 Å². The highest BCUT2D eigenvalue weighted by Crippen LogP contribution is 2.19. The fourth-order valence-electron chi connectivity index (χ4n) is 1.44. The largest absolute Gasteiger partial charge is 0.452 e. The van der Waals surface area contributed by atoms with E-state index in [1.165, 1.54) is 26.1 Å². The Kier molecular flexibility index (Phi) is 6.72. The first-order chi connectivity index (χ1) is 10.3. The Bertz CT molecular complexity index is 625. The average molecular weight is 346 g/mol. The Labute approximate surface area is 133 Å². The molecule has 0 aliphatic carbocycles. The Balaban J connectivity index is 2.58. The van der Waals surface area contributed by atoms with E-state index in [1.807, 2.05) is 0 Å². The number of esters is 1. The lowest BCUT2D eigenvalue weighted by atomic mass is 10.3. The molecule has 1 aromatic heterocycles. The molecule has 9 heteroatoms. The summed E-state index contributed by atoms with van der Waals surface area (Å²) in [5.74, 6) is -1.28. The smallest absolute Gasteiger partial charge is 0.322 e. The summed E-state index contributed by atoms with van der Waals surface area (Å²) in [7, 11) is -2.45. The van der Waals surface area contributed by atoms with Gasteiger partial charge in [0.1, 0.15) is 10.8 Å². The molecular weight excluding hydrogens is 328 g/mol. The molecule has 1 amide bonds. The lowest BCUT2D eigenvalue weighted by molar-refractivity contribution is -0.154. The Morgan fingerprint density at radius 3 is 2.77 bits per heavy atom. The van der Waals surface area contributed by atoms with Gasteiger partial charge in [0, 0.05) is 13.6 Å². The maximum Gasteiger partial charge on any atom is 0.322 e. The zero-order valence-corrected chi connectivity index (χ0v) is 13.9. The van der Waals surface area contributed by atoms with Crippen LogP contribution in [0.3, 0.4) is 0 Å². The highest BCUT2D eigenvalue weighted by molar-refractivity contribution is 7.91. The van der Waals surface area contributed by atoms with E-state index in [4.69, 9.17) is 4.74 Å². The van der Waals surface area contributed by atoms with Gasteiger partial charge in [-0.3, -0.25) is 9.59 Å². The molecule has 0 bridgehead atoms. The summed E-state index contributed by atoms with van der Waals surface area (Å²) in [4.78, 5) is 23.3. The number of likely N-dealkylation sites (N-methyl/N-ethyl adjacent to an activating group) is 1. The Morgan fingerprint density at radius 1 is 1.55 bits per heavy atom. The molecule has 1 aromatic rings. The minimum absolute atomic E-state index is 0.138. The van der Waals surface area contributed by atoms with Crippen LogP contribution in [-0.2, 0) is 24.3 Å². The first kappa shape index (κ1) is 18.3. The monoisotopic (exact) mass is 346 g/mol. The second-order valence-corrected chi connectivity index (χ2v) is 7.58. The molecule has 0 spiro atoms. The van der Waals surface area contributed by atoms with Gasteiger partial charge in [0.05, 0.1) is 0 Å². The van der Waals surface area contributed by atoms with Crippen molar-refractivity contribution in [3.63, 3.8) is 0 Å². The van der Waals surface area contributed by atoms with Gasteiger partial charge in [-0.1, -0.05) is 12.1 Å². The molecule has 0 aliphatic rings. The Hall–Kier alpha value is -1.71. The van der Waals surface area contributed by atoms with Crippen LogP contribution in [0.25, 0.3) is 0 Å². The second kappa shape index (κ2) is 8.06. The SMILES string of the molecule is C=CCNC(=O)[C@H](C)OC(=O)CN(C)S(=O)(=O)c1cccs1. The maximum atomic E-state index is 12.1.